The molecule has 2 atom stereocenters. The maximum atomic E-state index is 6.50. The first kappa shape index (κ1) is 21.6. The summed E-state index contributed by atoms with van der Waals surface area (Å²) in [7, 11) is 0. The van der Waals surface area contributed by atoms with Gasteiger partial charge < -0.3 is 14.2 Å². The van der Waals surface area contributed by atoms with Crippen molar-refractivity contribution in [2.75, 3.05) is 19.8 Å². The maximum absolute atomic E-state index is 6.50. The molecule has 0 bridgehead atoms. The number of hydrogen-bond acceptors (Lipinski definition) is 3. The minimum atomic E-state index is -0.259. The lowest BCUT2D eigenvalue weighted by atomic mass is 9.78. The first-order valence-electron chi connectivity index (χ1n) is 8.39. The van der Waals surface area contributed by atoms with Crippen LogP contribution in [0.2, 0.25) is 0 Å². The summed E-state index contributed by atoms with van der Waals surface area (Å²) in [4.78, 5) is 0. The lowest BCUT2D eigenvalue weighted by Crippen LogP contribution is -2.50. The van der Waals surface area contributed by atoms with Crippen molar-refractivity contribution in [3.63, 3.8) is 0 Å². The molecule has 3 nitrogen and oxygen atoms in total. The molecular weight excluding hydrogens is 276 g/mol. The van der Waals surface area contributed by atoms with E-state index >= 15 is 0 Å². The van der Waals surface area contributed by atoms with Gasteiger partial charge in [-0.2, -0.15) is 0 Å². The van der Waals surface area contributed by atoms with E-state index in [0.29, 0.717) is 19.8 Å². The van der Waals surface area contributed by atoms with Crippen molar-refractivity contribution in [3.8, 4) is 0 Å². The van der Waals surface area contributed by atoms with E-state index in [9.17, 15) is 0 Å². The first-order chi connectivity index (χ1) is 9.89. The molecule has 0 saturated heterocycles. The first-order valence-corrected chi connectivity index (χ1v) is 8.39. The van der Waals surface area contributed by atoms with Gasteiger partial charge in [-0.05, 0) is 40.0 Å². The smallest absolute Gasteiger partial charge is 0.0868 e. The van der Waals surface area contributed by atoms with E-state index in [1.54, 1.807) is 6.08 Å². The lowest BCUT2D eigenvalue weighted by Gasteiger charge is -2.45. The van der Waals surface area contributed by atoms with Crippen LogP contribution in [0, 0.1) is 11.3 Å². The van der Waals surface area contributed by atoms with Crippen LogP contribution >= 0.6 is 0 Å². The Balaban J connectivity index is 5.15. The Labute approximate surface area is 138 Å². The van der Waals surface area contributed by atoms with Crippen molar-refractivity contribution in [2.24, 2.45) is 11.3 Å². The van der Waals surface area contributed by atoms with Crippen molar-refractivity contribution in [1.29, 1.82) is 0 Å². The van der Waals surface area contributed by atoms with E-state index in [4.69, 9.17) is 14.2 Å². The van der Waals surface area contributed by atoms with Gasteiger partial charge in [0.05, 0.1) is 30.5 Å². The fraction of sp³-hybridized carbons (Fsp3) is 0.895. The Hall–Kier alpha value is -0.380. The molecule has 0 aromatic carbocycles. The Morgan fingerprint density at radius 2 is 1.59 bits per heavy atom. The van der Waals surface area contributed by atoms with Crippen LogP contribution in [0.4, 0.5) is 0 Å². The van der Waals surface area contributed by atoms with Crippen LogP contribution < -0.4 is 0 Å². The fourth-order valence-corrected chi connectivity index (χ4v) is 2.05. The van der Waals surface area contributed by atoms with Crippen LogP contribution in [0.15, 0.2) is 12.7 Å². The van der Waals surface area contributed by atoms with Crippen molar-refractivity contribution in [3.05, 3.63) is 12.7 Å². The van der Waals surface area contributed by atoms with Gasteiger partial charge in [-0.25, -0.2) is 0 Å². The van der Waals surface area contributed by atoms with Gasteiger partial charge in [0.1, 0.15) is 0 Å². The molecule has 0 rings (SSSR count). The molecule has 0 aliphatic carbocycles. The van der Waals surface area contributed by atoms with E-state index in [1.165, 1.54) is 0 Å². The largest absolute Gasteiger partial charge is 0.375 e. The number of ether oxygens (including phenoxy) is 3. The summed E-state index contributed by atoms with van der Waals surface area (Å²) in [5.74, 6) is 0.207. The Bertz CT molecular complexity index is 326. The van der Waals surface area contributed by atoms with Gasteiger partial charge in [0.25, 0.3) is 0 Å². The van der Waals surface area contributed by atoms with Crippen LogP contribution in [-0.2, 0) is 14.2 Å². The molecular formula is C19H38O3. The zero-order valence-electron chi connectivity index (χ0n) is 16.3. The third kappa shape index (κ3) is 6.39. The molecule has 3 heteroatoms. The summed E-state index contributed by atoms with van der Waals surface area (Å²) >= 11 is 0. The van der Waals surface area contributed by atoms with Crippen LogP contribution in [0.5, 0.6) is 0 Å². The average Bonchev–Trinajstić information content (AvgIpc) is 2.35. The summed E-state index contributed by atoms with van der Waals surface area (Å²) < 4.78 is 18.1. The van der Waals surface area contributed by atoms with Gasteiger partial charge in [-0.15, -0.1) is 6.58 Å². The van der Waals surface area contributed by atoms with E-state index < -0.39 is 0 Å². The minimum Gasteiger partial charge on any atom is -0.375 e. The van der Waals surface area contributed by atoms with E-state index in [0.717, 1.165) is 0 Å². The normalized spacial score (nSPS) is 16.4. The molecule has 0 radical (unpaired) electrons. The molecule has 2 unspecified atom stereocenters. The van der Waals surface area contributed by atoms with E-state index in [-0.39, 0.29) is 28.6 Å². The van der Waals surface area contributed by atoms with Crippen LogP contribution in [0.1, 0.15) is 62.3 Å². The van der Waals surface area contributed by atoms with Crippen molar-refractivity contribution in [2.45, 2.75) is 79.6 Å². The summed E-state index contributed by atoms with van der Waals surface area (Å²) in [6.45, 7) is 24.8. The predicted molar refractivity (Wildman–Crippen MR) is 94.3 cm³/mol. The van der Waals surface area contributed by atoms with E-state index in [2.05, 4.69) is 62.0 Å². The highest BCUT2D eigenvalue weighted by Crippen LogP contribution is 2.37. The molecule has 0 spiro atoms. The molecule has 0 aliphatic heterocycles. The second-order valence-corrected chi connectivity index (χ2v) is 8.07. The van der Waals surface area contributed by atoms with Crippen LogP contribution in [-0.4, -0.2) is 37.1 Å². The molecule has 0 fully saturated rings. The molecule has 0 N–H and O–H groups in total. The van der Waals surface area contributed by atoms with Crippen LogP contribution in [0.3, 0.4) is 0 Å². The number of rotatable bonds is 10. The summed E-state index contributed by atoms with van der Waals surface area (Å²) in [6.07, 6.45) is 1.74. The molecule has 0 aromatic rings. The van der Waals surface area contributed by atoms with Gasteiger partial charge in [0.15, 0.2) is 0 Å². The van der Waals surface area contributed by atoms with Crippen LogP contribution in [0.25, 0.3) is 0 Å². The SMILES string of the molecule is C=CCOCC(OC(C)(C)C(C)(C)C)C(C)C(C)(C)OCC. The Kier molecular flexibility index (Phi) is 8.32. The molecule has 0 amide bonds. The molecule has 0 aromatic heterocycles. The highest BCUT2D eigenvalue weighted by atomic mass is 16.6. The zero-order valence-corrected chi connectivity index (χ0v) is 16.3. The van der Waals surface area contributed by atoms with Gasteiger partial charge in [0, 0.05) is 12.5 Å². The van der Waals surface area contributed by atoms with Crippen molar-refractivity contribution < 1.29 is 14.2 Å². The second-order valence-electron chi connectivity index (χ2n) is 8.07. The quantitative estimate of drug-likeness (QED) is 0.426. The van der Waals surface area contributed by atoms with Crippen molar-refractivity contribution >= 4 is 0 Å². The number of hydrogen-bond donors (Lipinski definition) is 0. The lowest BCUT2D eigenvalue weighted by molar-refractivity contribution is -0.191. The topological polar surface area (TPSA) is 27.7 Å². The monoisotopic (exact) mass is 314 g/mol. The molecule has 132 valence electrons. The van der Waals surface area contributed by atoms with Gasteiger partial charge >= 0.3 is 0 Å². The molecule has 0 aliphatic rings. The third-order valence-electron chi connectivity index (χ3n) is 4.94. The molecule has 0 saturated carbocycles. The second kappa shape index (κ2) is 8.47. The highest BCUT2D eigenvalue weighted by Gasteiger charge is 2.41. The van der Waals surface area contributed by atoms with Gasteiger partial charge in [-0.3, -0.25) is 0 Å². The fourth-order valence-electron chi connectivity index (χ4n) is 2.05. The minimum absolute atomic E-state index is 0.0317. The Morgan fingerprint density at radius 1 is 1.05 bits per heavy atom. The standard InChI is InChI=1S/C19H38O3/c1-11-13-20-14-16(15(3)18(7,8)21-12-2)22-19(9,10)17(4,5)6/h11,15-16H,1,12-14H2,2-10H3. The highest BCUT2D eigenvalue weighted by molar-refractivity contribution is 4.89. The van der Waals surface area contributed by atoms with Crippen molar-refractivity contribution in [1.82, 2.24) is 0 Å². The zero-order chi connectivity index (χ0) is 17.6. The maximum Gasteiger partial charge on any atom is 0.0868 e. The molecule has 22 heavy (non-hydrogen) atoms. The molecule has 0 heterocycles. The average molecular weight is 315 g/mol. The summed E-state index contributed by atoms with van der Waals surface area (Å²) in [5.41, 5.74) is -0.476. The Morgan fingerprint density at radius 3 is 2.00 bits per heavy atom. The third-order valence-corrected chi connectivity index (χ3v) is 4.94. The summed E-state index contributed by atoms with van der Waals surface area (Å²) in [5, 5.41) is 0. The van der Waals surface area contributed by atoms with E-state index in [1.807, 2.05) is 6.92 Å². The summed E-state index contributed by atoms with van der Waals surface area (Å²) in [6, 6.07) is 0. The predicted octanol–water partition coefficient (Wildman–Crippen LogP) is 4.85. The van der Waals surface area contributed by atoms with Gasteiger partial charge in [-0.1, -0.05) is 33.8 Å². The van der Waals surface area contributed by atoms with Gasteiger partial charge in [0.2, 0.25) is 0 Å².